The van der Waals surface area contributed by atoms with Gasteiger partial charge >= 0.3 is 0 Å². The zero-order valence-electron chi connectivity index (χ0n) is 14.3. The van der Waals surface area contributed by atoms with Crippen LogP contribution in [-0.4, -0.2) is 11.6 Å². The van der Waals surface area contributed by atoms with Gasteiger partial charge in [-0.15, -0.1) is 0 Å². The number of ether oxygens (including phenoxy) is 1. The standard InChI is InChI=1S/C24H14O3/c25-22-18-12-6-7-13-19(18)24(27-16-9-2-1-3-10-16)21-20(22)14-15-8-4-5-11-17(15)23(21)26/h1-14H. The van der Waals surface area contributed by atoms with Crippen LogP contribution in [0.15, 0.2) is 90.0 Å². The molecular formula is C24H14O3. The smallest absolute Gasteiger partial charge is 0.198 e. The summed E-state index contributed by atoms with van der Waals surface area (Å²) in [5.74, 6) is 0.720. The maximum absolute atomic E-state index is 13.3. The fraction of sp³-hybridized carbons (Fsp3) is 0. The lowest BCUT2D eigenvalue weighted by atomic mass is 9.77. The fourth-order valence-corrected chi connectivity index (χ4v) is 3.59. The van der Waals surface area contributed by atoms with Gasteiger partial charge in [0.15, 0.2) is 11.6 Å². The highest BCUT2D eigenvalue weighted by Gasteiger charge is 2.37. The molecule has 3 heteroatoms. The van der Waals surface area contributed by atoms with Crippen LogP contribution in [-0.2, 0) is 0 Å². The summed E-state index contributed by atoms with van der Waals surface area (Å²) in [5.41, 5.74) is 3.26. The van der Waals surface area contributed by atoms with E-state index >= 15 is 0 Å². The van der Waals surface area contributed by atoms with Gasteiger partial charge in [-0.1, -0.05) is 66.7 Å². The minimum absolute atomic E-state index is 0.149. The van der Waals surface area contributed by atoms with E-state index in [0.29, 0.717) is 39.3 Å². The van der Waals surface area contributed by atoms with Gasteiger partial charge in [-0.2, -0.15) is 0 Å². The van der Waals surface area contributed by atoms with E-state index in [-0.39, 0.29) is 11.6 Å². The molecule has 0 N–H and O–H groups in total. The van der Waals surface area contributed by atoms with E-state index in [0.717, 1.165) is 5.56 Å². The third kappa shape index (κ3) is 2.36. The summed E-state index contributed by atoms with van der Waals surface area (Å²) in [7, 11) is 0. The second kappa shape index (κ2) is 5.92. The van der Waals surface area contributed by atoms with Crippen molar-refractivity contribution in [2.45, 2.75) is 0 Å². The van der Waals surface area contributed by atoms with E-state index in [2.05, 4.69) is 0 Å². The molecule has 0 aromatic heterocycles. The minimum Gasteiger partial charge on any atom is -0.456 e. The van der Waals surface area contributed by atoms with Crippen LogP contribution in [0.5, 0.6) is 5.75 Å². The van der Waals surface area contributed by atoms with Crippen LogP contribution in [0.25, 0.3) is 11.8 Å². The van der Waals surface area contributed by atoms with Gasteiger partial charge in [0.05, 0.1) is 5.57 Å². The summed E-state index contributed by atoms with van der Waals surface area (Å²) in [5, 5.41) is 0. The Morgan fingerprint density at radius 1 is 0.593 bits per heavy atom. The van der Waals surface area contributed by atoms with E-state index in [1.165, 1.54) is 0 Å². The number of fused-ring (bicyclic) bond motifs is 3. The molecule has 3 aromatic carbocycles. The highest BCUT2D eigenvalue weighted by Crippen LogP contribution is 2.41. The van der Waals surface area contributed by atoms with Crippen LogP contribution in [0.4, 0.5) is 0 Å². The van der Waals surface area contributed by atoms with Crippen molar-refractivity contribution in [3.63, 3.8) is 0 Å². The van der Waals surface area contributed by atoms with E-state index < -0.39 is 0 Å². The SMILES string of the molecule is O=C1C2=C(Oc3ccccc3)c3ccccc3C(=O)C2=Cc2ccccc21. The summed E-state index contributed by atoms with van der Waals surface area (Å²) in [6.45, 7) is 0. The average Bonchev–Trinajstić information content (AvgIpc) is 2.72. The molecule has 0 amide bonds. The first-order valence-electron chi connectivity index (χ1n) is 8.71. The van der Waals surface area contributed by atoms with Gasteiger partial charge in [-0.25, -0.2) is 0 Å². The van der Waals surface area contributed by atoms with Crippen molar-refractivity contribution in [2.75, 3.05) is 0 Å². The van der Waals surface area contributed by atoms with Crippen LogP contribution >= 0.6 is 0 Å². The predicted molar refractivity (Wildman–Crippen MR) is 104 cm³/mol. The van der Waals surface area contributed by atoms with Crippen LogP contribution in [0.1, 0.15) is 31.8 Å². The summed E-state index contributed by atoms with van der Waals surface area (Å²) in [6.07, 6.45) is 1.79. The molecular weight excluding hydrogens is 336 g/mol. The zero-order valence-corrected chi connectivity index (χ0v) is 14.3. The number of benzene rings is 3. The summed E-state index contributed by atoms with van der Waals surface area (Å²) in [4.78, 5) is 26.4. The quantitative estimate of drug-likeness (QED) is 0.656. The molecule has 128 valence electrons. The molecule has 0 radical (unpaired) electrons. The molecule has 3 nitrogen and oxygen atoms in total. The molecule has 0 heterocycles. The lowest BCUT2D eigenvalue weighted by Crippen LogP contribution is -2.25. The van der Waals surface area contributed by atoms with Crippen LogP contribution in [0.3, 0.4) is 0 Å². The Bertz CT molecular complexity index is 1170. The molecule has 0 spiro atoms. The first-order valence-corrected chi connectivity index (χ1v) is 8.71. The second-order valence-electron chi connectivity index (χ2n) is 6.47. The molecule has 0 bridgehead atoms. The fourth-order valence-electron chi connectivity index (χ4n) is 3.59. The third-order valence-electron chi connectivity index (χ3n) is 4.85. The first kappa shape index (κ1) is 15.5. The topological polar surface area (TPSA) is 43.4 Å². The maximum atomic E-state index is 13.3. The monoisotopic (exact) mass is 350 g/mol. The summed E-state index contributed by atoms with van der Waals surface area (Å²) < 4.78 is 6.15. The van der Waals surface area contributed by atoms with Crippen LogP contribution < -0.4 is 4.74 Å². The van der Waals surface area contributed by atoms with Gasteiger partial charge in [0.2, 0.25) is 0 Å². The zero-order chi connectivity index (χ0) is 18.4. The maximum Gasteiger partial charge on any atom is 0.198 e. The van der Waals surface area contributed by atoms with Gasteiger partial charge in [0.25, 0.3) is 0 Å². The number of carbonyl (C=O) groups is 2. The number of allylic oxidation sites excluding steroid dienone is 2. The molecule has 0 saturated heterocycles. The Kier molecular flexibility index (Phi) is 3.41. The van der Waals surface area contributed by atoms with Gasteiger partial charge in [0.1, 0.15) is 11.5 Å². The highest BCUT2D eigenvalue weighted by molar-refractivity contribution is 6.33. The number of ketones is 2. The Morgan fingerprint density at radius 2 is 1.22 bits per heavy atom. The number of rotatable bonds is 2. The number of Topliss-reactive ketones (excluding diaryl/α,β-unsaturated/α-hetero) is 2. The summed E-state index contributed by atoms with van der Waals surface area (Å²) in [6, 6.07) is 23.9. The lowest BCUT2D eigenvalue weighted by molar-refractivity contribution is 0.0992. The van der Waals surface area contributed by atoms with Crippen molar-refractivity contribution >= 4 is 23.4 Å². The molecule has 0 aliphatic heterocycles. The highest BCUT2D eigenvalue weighted by atomic mass is 16.5. The first-order chi connectivity index (χ1) is 13.2. The van der Waals surface area contributed by atoms with E-state index in [1.807, 2.05) is 66.7 Å². The Morgan fingerprint density at radius 3 is 2.00 bits per heavy atom. The molecule has 0 saturated carbocycles. The van der Waals surface area contributed by atoms with Gasteiger partial charge < -0.3 is 4.74 Å². The van der Waals surface area contributed by atoms with Crippen LogP contribution in [0, 0.1) is 0 Å². The third-order valence-corrected chi connectivity index (χ3v) is 4.85. The number of hydrogen-bond acceptors (Lipinski definition) is 3. The van der Waals surface area contributed by atoms with Crippen molar-refractivity contribution in [2.24, 2.45) is 0 Å². The van der Waals surface area contributed by atoms with Crippen molar-refractivity contribution < 1.29 is 14.3 Å². The van der Waals surface area contributed by atoms with Crippen molar-refractivity contribution in [1.82, 2.24) is 0 Å². The normalized spacial score (nSPS) is 14.9. The Labute approximate surface area is 156 Å². The van der Waals surface area contributed by atoms with E-state index in [1.54, 1.807) is 18.2 Å². The molecule has 5 rings (SSSR count). The van der Waals surface area contributed by atoms with Gasteiger partial charge in [-0.3, -0.25) is 9.59 Å². The van der Waals surface area contributed by atoms with Crippen molar-refractivity contribution in [3.05, 3.63) is 112 Å². The molecule has 2 aliphatic carbocycles. The molecule has 3 aromatic rings. The Hall–Kier alpha value is -3.72. The predicted octanol–water partition coefficient (Wildman–Crippen LogP) is 4.95. The van der Waals surface area contributed by atoms with Crippen LogP contribution in [0.2, 0.25) is 0 Å². The molecule has 0 fully saturated rings. The van der Waals surface area contributed by atoms with Crippen molar-refractivity contribution in [1.29, 1.82) is 0 Å². The van der Waals surface area contributed by atoms with Gasteiger partial charge in [0, 0.05) is 22.3 Å². The Balaban J connectivity index is 1.80. The second-order valence-corrected chi connectivity index (χ2v) is 6.47. The van der Waals surface area contributed by atoms with E-state index in [4.69, 9.17) is 4.74 Å². The van der Waals surface area contributed by atoms with Crippen molar-refractivity contribution in [3.8, 4) is 5.75 Å². The largest absolute Gasteiger partial charge is 0.456 e. The van der Waals surface area contributed by atoms with E-state index in [9.17, 15) is 9.59 Å². The lowest BCUT2D eigenvalue weighted by Gasteiger charge is -2.27. The number of hydrogen-bond donors (Lipinski definition) is 0. The molecule has 0 unspecified atom stereocenters. The average molecular weight is 350 g/mol. The number of carbonyl (C=O) groups excluding carboxylic acids is 2. The van der Waals surface area contributed by atoms with Gasteiger partial charge in [-0.05, 0) is 23.8 Å². The molecule has 0 atom stereocenters. The molecule has 27 heavy (non-hydrogen) atoms. The summed E-state index contributed by atoms with van der Waals surface area (Å²) >= 11 is 0. The minimum atomic E-state index is -0.183. The molecule has 2 aliphatic rings. The number of para-hydroxylation sites is 1.